The van der Waals surface area contributed by atoms with E-state index in [1.54, 1.807) is 6.20 Å². The first-order valence-electron chi connectivity index (χ1n) is 6.99. The molecule has 1 aromatic carbocycles. The van der Waals surface area contributed by atoms with E-state index in [1.807, 2.05) is 45.0 Å². The molecule has 0 bridgehead atoms. The molecule has 0 radical (unpaired) electrons. The molecule has 4 nitrogen and oxygen atoms in total. The van der Waals surface area contributed by atoms with Crippen LogP contribution in [0.5, 0.6) is 0 Å². The number of aromatic nitrogens is 1. The summed E-state index contributed by atoms with van der Waals surface area (Å²) in [4.78, 5) is 15.9. The van der Waals surface area contributed by atoms with Gasteiger partial charge in [0.15, 0.2) is 0 Å². The summed E-state index contributed by atoms with van der Waals surface area (Å²) in [7, 11) is 0. The van der Waals surface area contributed by atoms with Gasteiger partial charge in [0.2, 0.25) is 0 Å². The highest BCUT2D eigenvalue weighted by atomic mass is 79.9. The SMILES string of the molecule is CC(C)(C)OC(=O)Nc1cc(-c2ccc(CBr)cc2)ccn1. The van der Waals surface area contributed by atoms with Crippen molar-refractivity contribution in [3.8, 4) is 11.1 Å². The number of hydrogen-bond donors (Lipinski definition) is 1. The Bertz CT molecular complexity index is 648. The van der Waals surface area contributed by atoms with Gasteiger partial charge in [-0.05, 0) is 49.6 Å². The van der Waals surface area contributed by atoms with Crippen molar-refractivity contribution in [3.05, 3.63) is 48.2 Å². The third-order valence-corrected chi connectivity index (χ3v) is 3.48. The minimum absolute atomic E-state index is 0.469. The Morgan fingerprint density at radius 1 is 1.18 bits per heavy atom. The number of carbonyl (C=O) groups is 1. The molecule has 1 heterocycles. The highest BCUT2D eigenvalue weighted by Gasteiger charge is 2.16. The molecule has 1 N–H and O–H groups in total. The van der Waals surface area contributed by atoms with E-state index in [0.717, 1.165) is 16.5 Å². The van der Waals surface area contributed by atoms with Gasteiger partial charge >= 0.3 is 6.09 Å². The number of nitrogens with one attached hydrogen (secondary N) is 1. The smallest absolute Gasteiger partial charge is 0.413 e. The van der Waals surface area contributed by atoms with Gasteiger partial charge in [-0.25, -0.2) is 9.78 Å². The van der Waals surface area contributed by atoms with Gasteiger partial charge in [0.1, 0.15) is 11.4 Å². The summed E-state index contributed by atoms with van der Waals surface area (Å²) >= 11 is 3.43. The van der Waals surface area contributed by atoms with Crippen LogP contribution in [0, 0.1) is 0 Å². The van der Waals surface area contributed by atoms with Crippen LogP contribution in [0.15, 0.2) is 42.6 Å². The first kappa shape index (κ1) is 16.5. The van der Waals surface area contributed by atoms with E-state index in [1.165, 1.54) is 5.56 Å². The lowest BCUT2D eigenvalue weighted by Gasteiger charge is -2.19. The summed E-state index contributed by atoms with van der Waals surface area (Å²) in [5.74, 6) is 0.469. The van der Waals surface area contributed by atoms with Crippen LogP contribution in [0.3, 0.4) is 0 Å². The number of amides is 1. The molecule has 0 aliphatic rings. The normalized spacial score (nSPS) is 11.1. The van der Waals surface area contributed by atoms with Crippen molar-refractivity contribution in [1.82, 2.24) is 4.98 Å². The molecule has 0 spiro atoms. The number of pyridine rings is 1. The number of halogens is 1. The molecule has 0 atom stereocenters. The first-order valence-corrected chi connectivity index (χ1v) is 8.11. The van der Waals surface area contributed by atoms with Crippen molar-refractivity contribution in [1.29, 1.82) is 0 Å². The number of alkyl halides is 1. The molecule has 2 aromatic rings. The summed E-state index contributed by atoms with van der Waals surface area (Å²) in [6, 6.07) is 11.9. The number of carbonyl (C=O) groups excluding carboxylic acids is 1. The molecule has 5 heteroatoms. The fraction of sp³-hybridized carbons (Fsp3) is 0.294. The molecule has 0 aliphatic heterocycles. The molecule has 116 valence electrons. The second kappa shape index (κ2) is 6.92. The van der Waals surface area contributed by atoms with E-state index in [4.69, 9.17) is 4.74 Å². The number of anilines is 1. The second-order valence-electron chi connectivity index (χ2n) is 5.89. The Balaban J connectivity index is 2.14. The summed E-state index contributed by atoms with van der Waals surface area (Å²) in [5, 5.41) is 3.48. The highest BCUT2D eigenvalue weighted by molar-refractivity contribution is 9.08. The van der Waals surface area contributed by atoms with Gasteiger partial charge in [0, 0.05) is 11.5 Å². The molecule has 1 amide bonds. The van der Waals surface area contributed by atoms with Gasteiger partial charge in [0.25, 0.3) is 0 Å². The largest absolute Gasteiger partial charge is 0.444 e. The summed E-state index contributed by atoms with van der Waals surface area (Å²) < 4.78 is 5.22. The predicted molar refractivity (Wildman–Crippen MR) is 92.2 cm³/mol. The third-order valence-electron chi connectivity index (χ3n) is 2.83. The van der Waals surface area contributed by atoms with Gasteiger partial charge in [-0.1, -0.05) is 40.2 Å². The monoisotopic (exact) mass is 362 g/mol. The van der Waals surface area contributed by atoms with Gasteiger partial charge in [-0.3, -0.25) is 5.32 Å². The van der Waals surface area contributed by atoms with Crippen molar-refractivity contribution in [2.24, 2.45) is 0 Å². The lowest BCUT2D eigenvalue weighted by molar-refractivity contribution is 0.0635. The number of hydrogen-bond acceptors (Lipinski definition) is 3. The average Bonchev–Trinajstić information content (AvgIpc) is 2.45. The zero-order valence-electron chi connectivity index (χ0n) is 12.9. The average molecular weight is 363 g/mol. The quantitative estimate of drug-likeness (QED) is 0.782. The number of rotatable bonds is 3. The Morgan fingerprint density at radius 2 is 1.86 bits per heavy atom. The minimum Gasteiger partial charge on any atom is -0.444 e. The Kier molecular flexibility index (Phi) is 5.19. The van der Waals surface area contributed by atoms with E-state index in [9.17, 15) is 4.79 Å². The van der Waals surface area contributed by atoms with Crippen LogP contribution in [0.1, 0.15) is 26.3 Å². The zero-order valence-corrected chi connectivity index (χ0v) is 14.5. The van der Waals surface area contributed by atoms with E-state index in [-0.39, 0.29) is 0 Å². The van der Waals surface area contributed by atoms with Crippen LogP contribution in [0.25, 0.3) is 11.1 Å². The zero-order chi connectivity index (χ0) is 16.2. The summed E-state index contributed by atoms with van der Waals surface area (Å²) in [6.45, 7) is 5.46. The fourth-order valence-electron chi connectivity index (χ4n) is 1.87. The van der Waals surface area contributed by atoms with Crippen LogP contribution in [-0.4, -0.2) is 16.7 Å². The minimum atomic E-state index is -0.535. The fourth-order valence-corrected chi connectivity index (χ4v) is 2.25. The highest BCUT2D eigenvalue weighted by Crippen LogP contribution is 2.22. The Hall–Kier alpha value is -1.88. The van der Waals surface area contributed by atoms with Crippen molar-refractivity contribution in [3.63, 3.8) is 0 Å². The molecule has 0 unspecified atom stereocenters. The van der Waals surface area contributed by atoms with Crippen LogP contribution in [-0.2, 0) is 10.1 Å². The van der Waals surface area contributed by atoms with E-state index >= 15 is 0 Å². The van der Waals surface area contributed by atoms with Gasteiger partial charge in [-0.15, -0.1) is 0 Å². The first-order chi connectivity index (χ1) is 10.4. The molecular formula is C17H19BrN2O2. The Labute approximate surface area is 139 Å². The van der Waals surface area contributed by atoms with Crippen molar-refractivity contribution in [2.45, 2.75) is 31.7 Å². The van der Waals surface area contributed by atoms with E-state index in [2.05, 4.69) is 38.4 Å². The maximum absolute atomic E-state index is 11.8. The maximum atomic E-state index is 11.8. The van der Waals surface area contributed by atoms with E-state index in [0.29, 0.717) is 5.82 Å². The molecular weight excluding hydrogens is 344 g/mol. The topological polar surface area (TPSA) is 51.2 Å². The van der Waals surface area contributed by atoms with Crippen LogP contribution >= 0.6 is 15.9 Å². The molecule has 0 fully saturated rings. The molecule has 1 aromatic heterocycles. The predicted octanol–water partition coefficient (Wildman–Crippen LogP) is 4.99. The van der Waals surface area contributed by atoms with Crippen molar-refractivity contribution < 1.29 is 9.53 Å². The van der Waals surface area contributed by atoms with Gasteiger partial charge < -0.3 is 4.74 Å². The van der Waals surface area contributed by atoms with Crippen LogP contribution < -0.4 is 5.32 Å². The number of ether oxygens (including phenoxy) is 1. The standard InChI is InChI=1S/C17H19BrN2O2/c1-17(2,3)22-16(21)20-15-10-14(8-9-19-15)13-6-4-12(11-18)5-7-13/h4-10H,11H2,1-3H3,(H,19,20,21). The van der Waals surface area contributed by atoms with Gasteiger partial charge in [-0.2, -0.15) is 0 Å². The summed E-state index contributed by atoms with van der Waals surface area (Å²) in [6.07, 6.45) is 1.16. The third kappa shape index (κ3) is 4.84. The van der Waals surface area contributed by atoms with Gasteiger partial charge in [0.05, 0.1) is 0 Å². The lowest BCUT2D eigenvalue weighted by atomic mass is 10.1. The van der Waals surface area contributed by atoms with Crippen molar-refractivity contribution >= 4 is 27.8 Å². The summed E-state index contributed by atoms with van der Waals surface area (Å²) in [5.41, 5.74) is 2.74. The van der Waals surface area contributed by atoms with Crippen LogP contribution in [0.2, 0.25) is 0 Å². The molecule has 0 saturated heterocycles. The van der Waals surface area contributed by atoms with Crippen LogP contribution in [0.4, 0.5) is 10.6 Å². The maximum Gasteiger partial charge on any atom is 0.413 e. The number of nitrogens with zero attached hydrogens (tertiary/aromatic N) is 1. The molecule has 22 heavy (non-hydrogen) atoms. The van der Waals surface area contributed by atoms with Crippen molar-refractivity contribution in [2.75, 3.05) is 5.32 Å². The molecule has 0 saturated carbocycles. The molecule has 0 aliphatic carbocycles. The molecule has 2 rings (SSSR count). The second-order valence-corrected chi connectivity index (χ2v) is 6.45. The Morgan fingerprint density at radius 3 is 2.45 bits per heavy atom. The number of benzene rings is 1. The lowest BCUT2D eigenvalue weighted by Crippen LogP contribution is -2.27. The van der Waals surface area contributed by atoms with E-state index < -0.39 is 11.7 Å².